The van der Waals surface area contributed by atoms with Crippen LogP contribution in [0.1, 0.15) is 29.2 Å². The predicted octanol–water partition coefficient (Wildman–Crippen LogP) is 5.56. The van der Waals surface area contributed by atoms with Gasteiger partial charge in [-0.15, -0.1) is 5.92 Å². The van der Waals surface area contributed by atoms with Crippen LogP contribution in [-0.4, -0.2) is 0 Å². The van der Waals surface area contributed by atoms with E-state index >= 15 is 0 Å². The molecule has 0 aliphatic carbocycles. The van der Waals surface area contributed by atoms with Crippen LogP contribution in [0.25, 0.3) is 0 Å². The average molecular weight is 322 g/mol. The molecule has 0 fully saturated rings. The fraction of sp³-hybridized carbons (Fsp3) is 0.0833. The lowest BCUT2D eigenvalue weighted by molar-refractivity contribution is 0.482. The molecule has 0 aliphatic heterocycles. The molecule has 0 heterocycles. The van der Waals surface area contributed by atoms with Crippen molar-refractivity contribution in [2.45, 2.75) is 13.8 Å². The van der Waals surface area contributed by atoms with Gasteiger partial charge in [0.1, 0.15) is 11.5 Å². The van der Waals surface area contributed by atoms with Crippen molar-refractivity contribution < 1.29 is 4.74 Å². The normalized spacial score (nSPS) is 9.36. The van der Waals surface area contributed by atoms with Gasteiger partial charge in [0.15, 0.2) is 0 Å². The van der Waals surface area contributed by atoms with E-state index < -0.39 is 0 Å². The Labute approximate surface area is 149 Å². The molecular weight excluding hydrogens is 304 g/mol. The van der Waals surface area contributed by atoms with Gasteiger partial charge in [0.25, 0.3) is 0 Å². The smallest absolute Gasteiger partial charge is 0.127 e. The third-order valence-electron chi connectivity index (χ3n) is 3.58. The summed E-state index contributed by atoms with van der Waals surface area (Å²) >= 11 is 0. The quantitative estimate of drug-likeness (QED) is 0.561. The van der Waals surface area contributed by atoms with E-state index in [1.165, 1.54) is 5.56 Å². The molecule has 0 saturated heterocycles. The molecule has 1 nitrogen and oxygen atoms in total. The molecule has 120 valence electrons. The highest BCUT2D eigenvalue weighted by Gasteiger charge is 1.97. The van der Waals surface area contributed by atoms with E-state index in [1.54, 1.807) is 0 Å². The van der Waals surface area contributed by atoms with Gasteiger partial charge in [-0.2, -0.15) is 0 Å². The van der Waals surface area contributed by atoms with E-state index in [0.717, 1.165) is 28.2 Å². The minimum atomic E-state index is 0.787. The third-order valence-corrected chi connectivity index (χ3v) is 3.58. The van der Waals surface area contributed by atoms with E-state index in [-0.39, 0.29) is 0 Å². The first-order chi connectivity index (χ1) is 12.2. The number of ether oxygens (including phenoxy) is 1. The summed E-state index contributed by atoms with van der Waals surface area (Å²) in [5.41, 5.74) is 4.18. The summed E-state index contributed by atoms with van der Waals surface area (Å²) in [6, 6.07) is 23.7. The third kappa shape index (κ3) is 4.77. The first-order valence-corrected chi connectivity index (χ1v) is 8.12. The maximum atomic E-state index is 5.85. The van der Waals surface area contributed by atoms with Gasteiger partial charge in [-0.25, -0.2) is 0 Å². The van der Waals surface area contributed by atoms with Gasteiger partial charge in [0, 0.05) is 16.7 Å². The van der Waals surface area contributed by atoms with E-state index in [1.807, 2.05) is 67.6 Å². The maximum Gasteiger partial charge on any atom is 0.127 e. The molecule has 0 aliphatic rings. The SMILES string of the molecule is CC#Cc1ccc(Oc2ccc(C#Cc3cccc(C)c3)cc2)cc1. The van der Waals surface area contributed by atoms with E-state index in [4.69, 9.17) is 4.74 Å². The summed E-state index contributed by atoms with van der Waals surface area (Å²) in [5, 5.41) is 0. The van der Waals surface area contributed by atoms with E-state index in [2.05, 4.69) is 42.7 Å². The van der Waals surface area contributed by atoms with Crippen LogP contribution >= 0.6 is 0 Å². The Balaban J connectivity index is 1.69. The van der Waals surface area contributed by atoms with Crippen molar-refractivity contribution in [3.63, 3.8) is 0 Å². The largest absolute Gasteiger partial charge is 0.457 e. The molecule has 0 aromatic heterocycles. The Kier molecular flexibility index (Phi) is 5.20. The molecule has 3 aromatic rings. The zero-order valence-corrected chi connectivity index (χ0v) is 14.3. The minimum absolute atomic E-state index is 0.787. The molecule has 0 unspecified atom stereocenters. The van der Waals surface area contributed by atoms with Gasteiger partial charge < -0.3 is 4.74 Å². The zero-order valence-electron chi connectivity index (χ0n) is 14.3. The van der Waals surface area contributed by atoms with Gasteiger partial charge in [0.05, 0.1) is 0 Å². The Morgan fingerprint density at radius 3 is 1.76 bits per heavy atom. The monoisotopic (exact) mass is 322 g/mol. The number of rotatable bonds is 2. The highest BCUT2D eigenvalue weighted by molar-refractivity contribution is 5.46. The van der Waals surface area contributed by atoms with Crippen LogP contribution in [0.2, 0.25) is 0 Å². The van der Waals surface area contributed by atoms with Gasteiger partial charge >= 0.3 is 0 Å². The van der Waals surface area contributed by atoms with Crippen LogP contribution in [-0.2, 0) is 0 Å². The maximum absolute atomic E-state index is 5.85. The number of benzene rings is 3. The first-order valence-electron chi connectivity index (χ1n) is 8.12. The van der Waals surface area contributed by atoms with Gasteiger partial charge in [-0.1, -0.05) is 29.9 Å². The average Bonchev–Trinajstić information content (AvgIpc) is 2.63. The second kappa shape index (κ2) is 7.91. The molecular formula is C24H18O. The van der Waals surface area contributed by atoms with E-state index in [0.29, 0.717) is 0 Å². The Morgan fingerprint density at radius 2 is 1.20 bits per heavy atom. The van der Waals surface area contributed by atoms with Crippen LogP contribution in [0.5, 0.6) is 11.5 Å². The van der Waals surface area contributed by atoms with E-state index in [9.17, 15) is 0 Å². The lowest BCUT2D eigenvalue weighted by Gasteiger charge is -2.05. The standard InChI is InChI=1S/C24H18O/c1-3-5-20-10-14-23(15-11-20)25-24-16-12-21(13-17-24)8-9-22-7-4-6-19(2)18-22/h4,6-7,10-18H,1-2H3. The molecule has 0 radical (unpaired) electrons. The summed E-state index contributed by atoms with van der Waals surface area (Å²) in [7, 11) is 0. The Morgan fingerprint density at radius 1 is 0.640 bits per heavy atom. The fourth-order valence-electron chi connectivity index (χ4n) is 2.36. The van der Waals surface area contributed by atoms with Gasteiger partial charge in [-0.05, 0) is 80.1 Å². The minimum Gasteiger partial charge on any atom is -0.457 e. The highest BCUT2D eigenvalue weighted by Crippen LogP contribution is 2.21. The Bertz CT molecular complexity index is 972. The molecule has 0 bridgehead atoms. The number of aryl methyl sites for hydroxylation is 1. The molecule has 0 amide bonds. The molecule has 1 heteroatoms. The molecule has 0 atom stereocenters. The zero-order chi connectivity index (χ0) is 17.5. The van der Waals surface area contributed by atoms with Crippen molar-refractivity contribution in [2.75, 3.05) is 0 Å². The number of hydrogen-bond acceptors (Lipinski definition) is 1. The second-order valence-electron chi connectivity index (χ2n) is 5.65. The summed E-state index contributed by atoms with van der Waals surface area (Å²) in [4.78, 5) is 0. The molecule has 25 heavy (non-hydrogen) atoms. The van der Waals surface area contributed by atoms with Gasteiger partial charge in [0.2, 0.25) is 0 Å². The van der Waals surface area contributed by atoms with Crippen LogP contribution in [0.3, 0.4) is 0 Å². The summed E-state index contributed by atoms with van der Waals surface area (Å²) < 4.78 is 5.85. The number of hydrogen-bond donors (Lipinski definition) is 0. The van der Waals surface area contributed by atoms with Crippen molar-refractivity contribution >= 4 is 0 Å². The second-order valence-corrected chi connectivity index (χ2v) is 5.65. The molecule has 0 spiro atoms. The lowest BCUT2D eigenvalue weighted by atomic mass is 10.1. The van der Waals surface area contributed by atoms with Crippen LogP contribution in [0.15, 0.2) is 72.8 Å². The van der Waals surface area contributed by atoms with Crippen molar-refractivity contribution in [3.05, 3.63) is 95.1 Å². The fourth-order valence-corrected chi connectivity index (χ4v) is 2.36. The lowest BCUT2D eigenvalue weighted by Crippen LogP contribution is -1.85. The topological polar surface area (TPSA) is 9.23 Å². The van der Waals surface area contributed by atoms with Crippen molar-refractivity contribution in [2.24, 2.45) is 0 Å². The van der Waals surface area contributed by atoms with Gasteiger partial charge in [-0.3, -0.25) is 0 Å². The summed E-state index contributed by atoms with van der Waals surface area (Å²) in [6.45, 7) is 3.90. The highest BCUT2D eigenvalue weighted by atomic mass is 16.5. The van der Waals surface area contributed by atoms with Crippen molar-refractivity contribution in [3.8, 4) is 35.2 Å². The summed E-state index contributed by atoms with van der Waals surface area (Å²) in [6.07, 6.45) is 0. The van der Waals surface area contributed by atoms with Crippen LogP contribution in [0.4, 0.5) is 0 Å². The molecule has 0 N–H and O–H groups in total. The molecule has 3 aromatic carbocycles. The molecule has 3 rings (SSSR count). The van der Waals surface area contributed by atoms with Crippen LogP contribution in [0, 0.1) is 30.6 Å². The predicted molar refractivity (Wildman–Crippen MR) is 103 cm³/mol. The first kappa shape index (κ1) is 16.4. The van der Waals surface area contributed by atoms with Crippen molar-refractivity contribution in [1.29, 1.82) is 0 Å². The Hall–Kier alpha value is -3.42. The van der Waals surface area contributed by atoms with Crippen LogP contribution < -0.4 is 4.74 Å². The summed E-state index contributed by atoms with van der Waals surface area (Å²) in [5.74, 6) is 13.8. The molecule has 0 saturated carbocycles. The van der Waals surface area contributed by atoms with Crippen molar-refractivity contribution in [1.82, 2.24) is 0 Å².